The van der Waals surface area contributed by atoms with Gasteiger partial charge in [-0.1, -0.05) is 0 Å². The van der Waals surface area contributed by atoms with Gasteiger partial charge >= 0.3 is 0 Å². The molecule has 1 aromatic carbocycles. The zero-order chi connectivity index (χ0) is 12.5. The number of hydrogen-bond donors (Lipinski definition) is 1. The number of thiol groups is 1. The first-order chi connectivity index (χ1) is 7.36. The SMILES string of the molecule is CC(=O)c1ccc(S)c(S(C)=O)c1C(C)=O. The van der Waals surface area contributed by atoms with Crippen LogP contribution in [0.1, 0.15) is 34.6 Å². The first-order valence-electron chi connectivity index (χ1n) is 4.57. The fraction of sp³-hybridized carbons (Fsp3) is 0.273. The molecule has 0 amide bonds. The summed E-state index contributed by atoms with van der Waals surface area (Å²) in [6.07, 6.45) is 1.46. The molecule has 1 aromatic rings. The van der Waals surface area contributed by atoms with Gasteiger partial charge in [-0.05, 0) is 26.0 Å². The number of ketones is 2. The van der Waals surface area contributed by atoms with E-state index in [9.17, 15) is 13.8 Å². The highest BCUT2D eigenvalue weighted by Gasteiger charge is 2.20. The fourth-order valence-corrected chi connectivity index (χ4v) is 2.98. The van der Waals surface area contributed by atoms with Crippen LogP contribution in [-0.4, -0.2) is 22.0 Å². The Morgan fingerprint density at radius 1 is 1.19 bits per heavy atom. The maximum atomic E-state index is 11.6. The molecule has 1 rings (SSSR count). The summed E-state index contributed by atoms with van der Waals surface area (Å²) in [5.74, 6) is -0.489. The molecule has 0 saturated carbocycles. The molecule has 0 bridgehead atoms. The van der Waals surface area contributed by atoms with Crippen molar-refractivity contribution in [3.05, 3.63) is 23.3 Å². The van der Waals surface area contributed by atoms with Gasteiger partial charge < -0.3 is 0 Å². The lowest BCUT2D eigenvalue weighted by molar-refractivity contribution is 0.0978. The molecule has 16 heavy (non-hydrogen) atoms. The molecule has 0 aromatic heterocycles. The van der Waals surface area contributed by atoms with E-state index < -0.39 is 10.8 Å². The van der Waals surface area contributed by atoms with Crippen molar-refractivity contribution in [3.8, 4) is 0 Å². The molecule has 0 saturated heterocycles. The van der Waals surface area contributed by atoms with Crippen molar-refractivity contribution >= 4 is 35.0 Å². The van der Waals surface area contributed by atoms with Crippen molar-refractivity contribution in [3.63, 3.8) is 0 Å². The van der Waals surface area contributed by atoms with Crippen LogP contribution in [-0.2, 0) is 10.8 Å². The summed E-state index contributed by atoms with van der Waals surface area (Å²) in [6.45, 7) is 2.73. The van der Waals surface area contributed by atoms with E-state index in [2.05, 4.69) is 12.6 Å². The van der Waals surface area contributed by atoms with Gasteiger partial charge in [0, 0.05) is 22.3 Å². The van der Waals surface area contributed by atoms with Gasteiger partial charge in [0.1, 0.15) is 0 Å². The Labute approximate surface area is 102 Å². The number of benzene rings is 1. The van der Waals surface area contributed by atoms with Crippen molar-refractivity contribution in [1.82, 2.24) is 0 Å². The molecular formula is C11H12O3S2. The summed E-state index contributed by atoms with van der Waals surface area (Å²) in [7, 11) is -1.35. The zero-order valence-electron chi connectivity index (χ0n) is 9.23. The third kappa shape index (κ3) is 2.41. The minimum Gasteiger partial charge on any atom is -0.294 e. The topological polar surface area (TPSA) is 51.2 Å². The Balaban J connectivity index is 3.70. The van der Waals surface area contributed by atoms with Crippen molar-refractivity contribution in [2.75, 3.05) is 6.26 Å². The second-order valence-electron chi connectivity index (χ2n) is 3.40. The van der Waals surface area contributed by atoms with E-state index >= 15 is 0 Å². The molecule has 0 radical (unpaired) electrons. The summed E-state index contributed by atoms with van der Waals surface area (Å²) in [6, 6.07) is 3.13. The molecule has 3 nitrogen and oxygen atoms in total. The molecule has 0 aliphatic rings. The lowest BCUT2D eigenvalue weighted by atomic mass is 10.0. The van der Waals surface area contributed by atoms with Crippen molar-refractivity contribution in [2.24, 2.45) is 0 Å². The predicted octanol–water partition coefficient (Wildman–Crippen LogP) is 2.12. The Morgan fingerprint density at radius 2 is 1.75 bits per heavy atom. The number of Topliss-reactive ketones (excluding diaryl/α,β-unsaturated/α-hetero) is 2. The summed E-state index contributed by atoms with van der Waals surface area (Å²) in [4.78, 5) is 23.7. The van der Waals surface area contributed by atoms with Crippen LogP contribution in [0.4, 0.5) is 0 Å². The Morgan fingerprint density at radius 3 is 2.12 bits per heavy atom. The largest absolute Gasteiger partial charge is 0.294 e. The van der Waals surface area contributed by atoms with Crippen LogP contribution in [0.2, 0.25) is 0 Å². The minimum absolute atomic E-state index is 0.217. The van der Waals surface area contributed by atoms with E-state index in [1.54, 1.807) is 6.07 Å². The molecule has 0 fully saturated rings. The first kappa shape index (κ1) is 13.1. The highest BCUT2D eigenvalue weighted by molar-refractivity contribution is 7.86. The van der Waals surface area contributed by atoms with E-state index in [0.29, 0.717) is 15.4 Å². The number of carbonyl (C=O) groups excluding carboxylic acids is 2. The van der Waals surface area contributed by atoms with E-state index in [1.807, 2.05) is 0 Å². The van der Waals surface area contributed by atoms with Crippen LogP contribution in [0.5, 0.6) is 0 Å². The summed E-state index contributed by atoms with van der Waals surface area (Å²) >= 11 is 4.16. The monoisotopic (exact) mass is 256 g/mol. The molecule has 0 spiro atoms. The highest BCUT2D eigenvalue weighted by atomic mass is 32.2. The second kappa shape index (κ2) is 4.93. The van der Waals surface area contributed by atoms with Gasteiger partial charge in [-0.2, -0.15) is 0 Å². The predicted molar refractivity (Wildman–Crippen MR) is 66.0 cm³/mol. The molecule has 0 N–H and O–H groups in total. The smallest absolute Gasteiger partial charge is 0.161 e. The minimum atomic E-state index is -1.35. The van der Waals surface area contributed by atoms with Crippen LogP contribution >= 0.6 is 12.6 Å². The fourth-order valence-electron chi connectivity index (χ4n) is 1.51. The molecule has 86 valence electrons. The zero-order valence-corrected chi connectivity index (χ0v) is 10.9. The number of hydrogen-bond acceptors (Lipinski definition) is 4. The van der Waals surface area contributed by atoms with Gasteiger partial charge in [0.05, 0.1) is 15.7 Å². The normalized spacial score (nSPS) is 12.2. The maximum absolute atomic E-state index is 11.6. The Hall–Kier alpha value is -0.940. The second-order valence-corrected chi connectivity index (χ2v) is 5.20. The third-order valence-corrected chi connectivity index (χ3v) is 3.68. The van der Waals surface area contributed by atoms with Gasteiger partial charge in [0.25, 0.3) is 0 Å². The quantitative estimate of drug-likeness (QED) is 0.665. The van der Waals surface area contributed by atoms with Gasteiger partial charge in [-0.25, -0.2) is 0 Å². The lowest BCUT2D eigenvalue weighted by Gasteiger charge is -2.11. The van der Waals surface area contributed by atoms with Crippen LogP contribution in [0, 0.1) is 0 Å². The standard InChI is InChI=1S/C11H12O3S2/c1-6(12)8-4-5-9(15)11(16(3)14)10(8)7(2)13/h4-5,15H,1-3H3. The maximum Gasteiger partial charge on any atom is 0.161 e. The molecule has 1 atom stereocenters. The average Bonchev–Trinajstić information content (AvgIpc) is 2.15. The molecule has 0 aliphatic heterocycles. The van der Waals surface area contributed by atoms with Crippen LogP contribution in [0.25, 0.3) is 0 Å². The molecular weight excluding hydrogens is 244 g/mol. The first-order valence-corrected chi connectivity index (χ1v) is 6.58. The van der Waals surface area contributed by atoms with Crippen LogP contribution in [0.15, 0.2) is 21.9 Å². The third-order valence-electron chi connectivity index (χ3n) is 2.16. The van der Waals surface area contributed by atoms with Gasteiger partial charge in [0.15, 0.2) is 11.6 Å². The van der Waals surface area contributed by atoms with Gasteiger partial charge in [-0.3, -0.25) is 13.8 Å². The Bertz CT molecular complexity index is 492. The summed E-state index contributed by atoms with van der Waals surface area (Å²) < 4.78 is 11.6. The lowest BCUT2D eigenvalue weighted by Crippen LogP contribution is -2.09. The molecule has 1 unspecified atom stereocenters. The molecule has 5 heteroatoms. The van der Waals surface area contributed by atoms with E-state index in [1.165, 1.54) is 26.2 Å². The summed E-state index contributed by atoms with van der Waals surface area (Å²) in [5, 5.41) is 0. The van der Waals surface area contributed by atoms with E-state index in [0.717, 1.165) is 0 Å². The molecule has 0 aliphatic carbocycles. The highest BCUT2D eigenvalue weighted by Crippen LogP contribution is 2.26. The van der Waals surface area contributed by atoms with Crippen LogP contribution < -0.4 is 0 Å². The molecule has 0 heterocycles. The number of carbonyl (C=O) groups is 2. The Kier molecular flexibility index (Phi) is 4.04. The van der Waals surface area contributed by atoms with Gasteiger partial charge in [-0.15, -0.1) is 12.6 Å². The van der Waals surface area contributed by atoms with Gasteiger partial charge in [0.2, 0.25) is 0 Å². The number of rotatable bonds is 3. The van der Waals surface area contributed by atoms with Crippen molar-refractivity contribution < 1.29 is 13.8 Å². The summed E-state index contributed by atoms with van der Waals surface area (Å²) in [5.41, 5.74) is 0.524. The van der Waals surface area contributed by atoms with E-state index in [4.69, 9.17) is 0 Å². The van der Waals surface area contributed by atoms with Crippen molar-refractivity contribution in [1.29, 1.82) is 0 Å². The van der Waals surface area contributed by atoms with E-state index in [-0.39, 0.29) is 17.1 Å². The van der Waals surface area contributed by atoms with Crippen molar-refractivity contribution in [2.45, 2.75) is 23.6 Å². The van der Waals surface area contributed by atoms with Crippen LogP contribution in [0.3, 0.4) is 0 Å². The average molecular weight is 256 g/mol.